The summed E-state index contributed by atoms with van der Waals surface area (Å²) in [6.45, 7) is 9.75. The Morgan fingerprint density at radius 1 is 0.518 bits per heavy atom. The predicted molar refractivity (Wildman–Crippen MR) is 233 cm³/mol. The van der Waals surface area contributed by atoms with Gasteiger partial charge in [0.05, 0.1) is 54.7 Å². The molecule has 5 heterocycles. The number of fused-ring (bicyclic) bond motifs is 2. The van der Waals surface area contributed by atoms with Gasteiger partial charge in [0.25, 0.3) is 11.8 Å². The number of carbonyl (C=O) groups is 2. The molecule has 0 saturated carbocycles. The monoisotopic (exact) mass is 776 g/mol. The molecular formula is C48H48N4O2S2. The first-order valence-corrected chi connectivity index (χ1v) is 21.7. The van der Waals surface area contributed by atoms with Crippen molar-refractivity contribution in [2.24, 2.45) is 0 Å². The van der Waals surface area contributed by atoms with Crippen LogP contribution in [-0.2, 0) is 9.59 Å². The Morgan fingerprint density at radius 2 is 1.02 bits per heavy atom. The highest BCUT2D eigenvalue weighted by molar-refractivity contribution is 7.16. The quantitative estimate of drug-likeness (QED) is 0.0974. The maximum absolute atomic E-state index is 14.7. The van der Waals surface area contributed by atoms with Crippen molar-refractivity contribution >= 4 is 56.9 Å². The van der Waals surface area contributed by atoms with Crippen LogP contribution in [0.25, 0.3) is 55.4 Å². The number of amides is 2. The van der Waals surface area contributed by atoms with Gasteiger partial charge in [-0.25, -0.2) is 9.97 Å². The largest absolute Gasteiger partial charge is 0.306 e. The van der Waals surface area contributed by atoms with Crippen molar-refractivity contribution in [2.75, 3.05) is 13.1 Å². The minimum atomic E-state index is -0.0560. The van der Waals surface area contributed by atoms with Crippen molar-refractivity contribution in [1.82, 2.24) is 19.8 Å². The van der Waals surface area contributed by atoms with E-state index in [1.807, 2.05) is 46.2 Å². The summed E-state index contributed by atoms with van der Waals surface area (Å²) in [6.07, 6.45) is 8.35. The SMILES string of the molecule is CCCCCCN1C(=O)C2=C(c3ccc(-c4ccc(C)c5nc(-c6ccccc6)c(-c6ccccc6)nc45)s3)N(CCCCCC)C(=O)C2=C1c1ccc(C)s1. The molecule has 3 aromatic carbocycles. The van der Waals surface area contributed by atoms with E-state index in [0.29, 0.717) is 24.2 Å². The van der Waals surface area contributed by atoms with Gasteiger partial charge in [-0.1, -0.05) is 125 Å². The minimum Gasteiger partial charge on any atom is -0.306 e. The summed E-state index contributed by atoms with van der Waals surface area (Å²) in [6, 6.07) is 33.2. The molecule has 56 heavy (non-hydrogen) atoms. The molecule has 0 spiro atoms. The van der Waals surface area contributed by atoms with E-state index in [1.165, 1.54) is 0 Å². The highest BCUT2D eigenvalue weighted by Crippen LogP contribution is 2.50. The minimum absolute atomic E-state index is 0.0560. The van der Waals surface area contributed by atoms with Gasteiger partial charge in [0.15, 0.2) is 0 Å². The van der Waals surface area contributed by atoms with Gasteiger partial charge in [0, 0.05) is 39.5 Å². The number of hydrogen-bond donors (Lipinski definition) is 0. The number of aromatic nitrogens is 2. The molecule has 2 aliphatic rings. The van der Waals surface area contributed by atoms with E-state index in [1.54, 1.807) is 22.7 Å². The molecule has 0 atom stereocenters. The molecule has 3 aromatic heterocycles. The van der Waals surface area contributed by atoms with Gasteiger partial charge in [-0.15, -0.1) is 22.7 Å². The predicted octanol–water partition coefficient (Wildman–Crippen LogP) is 12.3. The fraction of sp³-hybridized carbons (Fsp3) is 0.292. The van der Waals surface area contributed by atoms with Crippen LogP contribution < -0.4 is 0 Å². The lowest BCUT2D eigenvalue weighted by molar-refractivity contribution is -0.124. The van der Waals surface area contributed by atoms with E-state index < -0.39 is 0 Å². The summed E-state index contributed by atoms with van der Waals surface area (Å²) in [4.78, 5) is 48.1. The Labute approximate surface area is 338 Å². The molecule has 6 nitrogen and oxygen atoms in total. The molecule has 284 valence electrons. The summed E-state index contributed by atoms with van der Waals surface area (Å²) >= 11 is 3.28. The molecule has 6 aromatic rings. The lowest BCUT2D eigenvalue weighted by Crippen LogP contribution is -2.30. The molecule has 2 aliphatic heterocycles. The molecule has 0 radical (unpaired) electrons. The zero-order valence-electron chi connectivity index (χ0n) is 32.7. The maximum atomic E-state index is 14.7. The number of unbranched alkanes of at least 4 members (excludes halogenated alkanes) is 6. The molecule has 0 fully saturated rings. The topological polar surface area (TPSA) is 66.4 Å². The molecule has 0 aliphatic carbocycles. The second-order valence-electron chi connectivity index (χ2n) is 14.8. The van der Waals surface area contributed by atoms with E-state index in [-0.39, 0.29) is 11.8 Å². The lowest BCUT2D eigenvalue weighted by Gasteiger charge is -2.24. The number of rotatable bonds is 15. The number of benzene rings is 3. The Morgan fingerprint density at radius 3 is 1.54 bits per heavy atom. The van der Waals surface area contributed by atoms with Crippen molar-refractivity contribution in [3.63, 3.8) is 0 Å². The first kappa shape index (κ1) is 37.7. The summed E-state index contributed by atoms with van der Waals surface area (Å²) in [5.41, 5.74) is 10.1. The zero-order chi connectivity index (χ0) is 38.8. The van der Waals surface area contributed by atoms with Gasteiger partial charge in [-0.05, 0) is 56.5 Å². The molecule has 0 bridgehead atoms. The molecule has 0 unspecified atom stereocenters. The van der Waals surface area contributed by atoms with Crippen molar-refractivity contribution in [1.29, 1.82) is 0 Å². The molecule has 0 N–H and O–H groups in total. The van der Waals surface area contributed by atoms with Crippen LogP contribution in [0.2, 0.25) is 0 Å². The van der Waals surface area contributed by atoms with Crippen LogP contribution >= 0.6 is 22.7 Å². The number of thiophene rings is 2. The Bertz CT molecular complexity index is 2480. The Kier molecular flexibility index (Phi) is 11.1. The van der Waals surface area contributed by atoms with E-state index >= 15 is 0 Å². The summed E-state index contributed by atoms with van der Waals surface area (Å²) in [7, 11) is 0. The lowest BCUT2D eigenvalue weighted by atomic mass is 10.0. The Hall–Kier alpha value is -5.18. The van der Waals surface area contributed by atoms with E-state index in [2.05, 4.69) is 88.4 Å². The normalized spacial score (nSPS) is 14.3. The highest BCUT2D eigenvalue weighted by Gasteiger charge is 2.49. The van der Waals surface area contributed by atoms with Gasteiger partial charge in [-0.2, -0.15) is 0 Å². The number of nitrogens with zero attached hydrogens (tertiary/aromatic N) is 4. The average Bonchev–Trinajstić information content (AvgIpc) is 4.00. The van der Waals surface area contributed by atoms with Gasteiger partial charge >= 0.3 is 0 Å². The van der Waals surface area contributed by atoms with Gasteiger partial charge < -0.3 is 9.80 Å². The van der Waals surface area contributed by atoms with Gasteiger partial charge in [0.2, 0.25) is 0 Å². The molecule has 8 heteroatoms. The smallest absolute Gasteiger partial charge is 0.261 e. The van der Waals surface area contributed by atoms with Crippen LogP contribution in [0.1, 0.15) is 85.4 Å². The van der Waals surface area contributed by atoms with E-state index in [0.717, 1.165) is 127 Å². The van der Waals surface area contributed by atoms with Crippen LogP contribution in [0.15, 0.2) is 108 Å². The van der Waals surface area contributed by atoms with Crippen molar-refractivity contribution in [3.8, 4) is 33.0 Å². The van der Waals surface area contributed by atoms with Crippen LogP contribution in [-0.4, -0.2) is 44.7 Å². The second-order valence-corrected chi connectivity index (χ2v) is 17.2. The third-order valence-corrected chi connectivity index (χ3v) is 13.0. The van der Waals surface area contributed by atoms with Gasteiger partial charge in [0.1, 0.15) is 0 Å². The van der Waals surface area contributed by atoms with Gasteiger partial charge in [-0.3, -0.25) is 9.59 Å². The summed E-state index contributed by atoms with van der Waals surface area (Å²) < 4.78 is 0. The van der Waals surface area contributed by atoms with Crippen molar-refractivity contribution in [2.45, 2.75) is 79.1 Å². The van der Waals surface area contributed by atoms with E-state index in [4.69, 9.17) is 9.97 Å². The molecule has 2 amide bonds. The zero-order valence-corrected chi connectivity index (χ0v) is 34.4. The van der Waals surface area contributed by atoms with Crippen LogP contribution in [0.4, 0.5) is 0 Å². The molecule has 0 saturated heterocycles. The fourth-order valence-corrected chi connectivity index (χ4v) is 9.98. The third kappa shape index (κ3) is 7.05. The standard InChI is InChI=1S/C48H48N4O2S2/c1-5-7-9-17-29-51-45(37-26-24-32(4)55-37)39-40(48(51)54)46(52(47(39)53)30-18-10-8-6-2)38-28-27-36(56-38)35-25-23-31(3)41-44(35)50-43(34-21-15-12-16-22-34)42(49-41)33-19-13-11-14-20-33/h11-16,19-28H,5-10,17-18,29-30H2,1-4H3. The van der Waals surface area contributed by atoms with Crippen LogP contribution in [0.5, 0.6) is 0 Å². The summed E-state index contributed by atoms with van der Waals surface area (Å²) in [5, 5.41) is 0. The van der Waals surface area contributed by atoms with Crippen molar-refractivity contribution < 1.29 is 9.59 Å². The first-order chi connectivity index (χ1) is 27.4. The number of hydrogen-bond acceptors (Lipinski definition) is 6. The van der Waals surface area contributed by atoms with Crippen LogP contribution in [0, 0.1) is 13.8 Å². The first-order valence-electron chi connectivity index (χ1n) is 20.1. The van der Waals surface area contributed by atoms with Crippen LogP contribution in [0.3, 0.4) is 0 Å². The molecular weight excluding hydrogens is 729 g/mol. The molecule has 8 rings (SSSR count). The summed E-state index contributed by atoms with van der Waals surface area (Å²) in [5.74, 6) is -0.112. The highest BCUT2D eigenvalue weighted by atomic mass is 32.1. The third-order valence-electron chi connectivity index (χ3n) is 10.8. The average molecular weight is 777 g/mol. The van der Waals surface area contributed by atoms with Crippen molar-refractivity contribution in [3.05, 3.63) is 128 Å². The van der Waals surface area contributed by atoms with E-state index in [9.17, 15) is 9.59 Å². The number of aryl methyl sites for hydroxylation is 2. The Balaban J connectivity index is 1.28. The number of carbonyl (C=O) groups excluding carboxylic acids is 2. The fourth-order valence-electron chi connectivity index (χ4n) is 7.96. The second kappa shape index (κ2) is 16.5. The maximum Gasteiger partial charge on any atom is 0.261 e.